The zero-order valence-electron chi connectivity index (χ0n) is 13.4. The molecule has 7 nitrogen and oxygen atoms in total. The Hall–Kier alpha value is -2.71. The number of anilines is 3. The largest absolute Gasteiger partial charge is 0.418 e. The Morgan fingerprint density at radius 2 is 1.92 bits per heavy atom. The van der Waals surface area contributed by atoms with Gasteiger partial charge in [0.2, 0.25) is 0 Å². The van der Waals surface area contributed by atoms with Crippen molar-refractivity contribution in [2.45, 2.75) is 13.8 Å². The number of aromatic nitrogens is 3. The molecule has 0 saturated heterocycles. The minimum absolute atomic E-state index is 0.193. The van der Waals surface area contributed by atoms with Gasteiger partial charge in [0, 0.05) is 29.5 Å². The average Bonchev–Trinajstić information content (AvgIpc) is 2.86. The van der Waals surface area contributed by atoms with Crippen LogP contribution in [0.2, 0.25) is 5.15 Å². The number of nitrogens with zero attached hydrogens (tertiary/aromatic N) is 3. The van der Waals surface area contributed by atoms with E-state index in [-0.39, 0.29) is 5.88 Å². The van der Waals surface area contributed by atoms with Crippen molar-refractivity contribution < 1.29 is 9.53 Å². The summed E-state index contributed by atoms with van der Waals surface area (Å²) < 4.78 is 5.33. The molecule has 0 spiro atoms. The molecule has 0 aliphatic carbocycles. The van der Waals surface area contributed by atoms with E-state index in [1.165, 1.54) is 11.3 Å². The third-order valence-corrected chi connectivity index (χ3v) is 4.09. The van der Waals surface area contributed by atoms with Crippen molar-refractivity contribution in [1.29, 1.82) is 0 Å². The Labute approximate surface area is 153 Å². The minimum atomic E-state index is -0.633. The van der Waals surface area contributed by atoms with Crippen LogP contribution >= 0.6 is 22.9 Å². The number of halogens is 1. The number of ether oxygens (including phenoxy) is 1. The van der Waals surface area contributed by atoms with E-state index in [0.29, 0.717) is 15.8 Å². The van der Waals surface area contributed by atoms with E-state index in [4.69, 9.17) is 16.3 Å². The van der Waals surface area contributed by atoms with Crippen LogP contribution in [0.5, 0.6) is 5.88 Å². The lowest BCUT2D eigenvalue weighted by Crippen LogP contribution is -2.17. The summed E-state index contributed by atoms with van der Waals surface area (Å²) in [4.78, 5) is 24.4. The SMILES string of the molecule is Cc1cc(NC(=O)Oc2nc(C)sc2Nc2ccnc(Cl)c2)ccn1. The molecule has 0 aliphatic rings. The second-order valence-electron chi connectivity index (χ2n) is 5.06. The second-order valence-corrected chi connectivity index (χ2v) is 6.65. The van der Waals surface area contributed by atoms with Gasteiger partial charge in [-0.25, -0.2) is 14.8 Å². The fourth-order valence-corrected chi connectivity index (χ4v) is 2.96. The van der Waals surface area contributed by atoms with Crippen LogP contribution < -0.4 is 15.4 Å². The Morgan fingerprint density at radius 3 is 2.68 bits per heavy atom. The van der Waals surface area contributed by atoms with Gasteiger partial charge in [-0.3, -0.25) is 10.3 Å². The highest BCUT2D eigenvalue weighted by atomic mass is 35.5. The van der Waals surface area contributed by atoms with Crippen LogP contribution in [0.15, 0.2) is 36.7 Å². The lowest BCUT2D eigenvalue weighted by atomic mass is 10.3. The first kappa shape index (κ1) is 17.1. The second kappa shape index (κ2) is 7.45. The average molecular weight is 376 g/mol. The molecule has 3 aromatic heterocycles. The molecule has 25 heavy (non-hydrogen) atoms. The van der Waals surface area contributed by atoms with Crippen LogP contribution in [-0.4, -0.2) is 21.0 Å². The van der Waals surface area contributed by atoms with Gasteiger partial charge in [-0.2, -0.15) is 0 Å². The molecule has 0 saturated carbocycles. The van der Waals surface area contributed by atoms with Crippen LogP contribution in [0.25, 0.3) is 0 Å². The van der Waals surface area contributed by atoms with Crippen molar-refractivity contribution in [3.05, 3.63) is 52.5 Å². The van der Waals surface area contributed by atoms with Crippen molar-refractivity contribution in [2.75, 3.05) is 10.6 Å². The molecule has 0 unspecified atom stereocenters. The highest BCUT2D eigenvalue weighted by molar-refractivity contribution is 7.16. The predicted octanol–water partition coefficient (Wildman–Crippen LogP) is 4.56. The summed E-state index contributed by atoms with van der Waals surface area (Å²) in [6, 6.07) is 6.84. The zero-order valence-corrected chi connectivity index (χ0v) is 15.0. The quantitative estimate of drug-likeness (QED) is 0.650. The van der Waals surface area contributed by atoms with Gasteiger partial charge in [0.15, 0.2) is 5.00 Å². The zero-order chi connectivity index (χ0) is 17.8. The fourth-order valence-electron chi connectivity index (χ4n) is 2.02. The van der Waals surface area contributed by atoms with Crippen LogP contribution in [0.1, 0.15) is 10.7 Å². The standard InChI is InChI=1S/C16H14ClN5O2S/c1-9-7-11(3-5-18-9)22-16(23)24-14-15(25-10(2)20-14)21-12-4-6-19-13(17)8-12/h3-8H,1-2H3,(H,19,21)(H,18,22,23). The molecule has 0 aromatic carbocycles. The van der Waals surface area contributed by atoms with E-state index in [1.54, 1.807) is 36.7 Å². The lowest BCUT2D eigenvalue weighted by molar-refractivity contribution is 0.214. The lowest BCUT2D eigenvalue weighted by Gasteiger charge is -2.08. The van der Waals surface area contributed by atoms with E-state index >= 15 is 0 Å². The normalized spacial score (nSPS) is 10.4. The van der Waals surface area contributed by atoms with Crippen LogP contribution in [0.3, 0.4) is 0 Å². The summed E-state index contributed by atoms with van der Waals surface area (Å²) >= 11 is 7.24. The van der Waals surface area contributed by atoms with Gasteiger partial charge in [-0.05, 0) is 38.1 Å². The van der Waals surface area contributed by atoms with Crippen LogP contribution in [0, 0.1) is 13.8 Å². The highest BCUT2D eigenvalue weighted by Gasteiger charge is 2.15. The molecule has 128 valence electrons. The molecule has 3 rings (SSSR count). The van der Waals surface area contributed by atoms with Gasteiger partial charge in [0.25, 0.3) is 5.88 Å². The summed E-state index contributed by atoms with van der Waals surface area (Å²) in [7, 11) is 0. The molecule has 3 heterocycles. The summed E-state index contributed by atoms with van der Waals surface area (Å²) in [5, 5.41) is 7.49. The first-order valence-corrected chi connectivity index (χ1v) is 8.46. The van der Waals surface area contributed by atoms with E-state index in [9.17, 15) is 4.79 Å². The van der Waals surface area contributed by atoms with Crippen molar-refractivity contribution in [1.82, 2.24) is 15.0 Å². The number of hydrogen-bond donors (Lipinski definition) is 2. The molecule has 0 radical (unpaired) electrons. The Balaban J connectivity index is 1.73. The number of pyridine rings is 2. The summed E-state index contributed by atoms with van der Waals surface area (Å²) in [5.41, 5.74) is 2.11. The van der Waals surface area contributed by atoms with Crippen LogP contribution in [0.4, 0.5) is 21.2 Å². The molecule has 0 aliphatic heterocycles. The van der Waals surface area contributed by atoms with E-state index < -0.39 is 6.09 Å². The number of amides is 1. The maximum absolute atomic E-state index is 12.1. The van der Waals surface area contributed by atoms with Gasteiger partial charge in [0.05, 0.1) is 5.01 Å². The fraction of sp³-hybridized carbons (Fsp3) is 0.125. The Morgan fingerprint density at radius 1 is 1.16 bits per heavy atom. The van der Waals surface area contributed by atoms with E-state index in [0.717, 1.165) is 16.4 Å². The van der Waals surface area contributed by atoms with Crippen molar-refractivity contribution in [3.63, 3.8) is 0 Å². The van der Waals surface area contributed by atoms with Gasteiger partial charge < -0.3 is 10.1 Å². The number of carbonyl (C=O) groups excluding carboxylic acids is 1. The number of nitrogens with one attached hydrogen (secondary N) is 2. The number of carbonyl (C=O) groups is 1. The molecule has 2 N–H and O–H groups in total. The smallest absolute Gasteiger partial charge is 0.388 e. The number of thiazole rings is 1. The minimum Gasteiger partial charge on any atom is -0.388 e. The van der Waals surface area contributed by atoms with Gasteiger partial charge in [-0.15, -0.1) is 0 Å². The molecule has 0 bridgehead atoms. The van der Waals surface area contributed by atoms with Gasteiger partial charge in [0.1, 0.15) is 5.15 Å². The molecular weight excluding hydrogens is 362 g/mol. The summed E-state index contributed by atoms with van der Waals surface area (Å²) in [6.07, 6.45) is 2.56. The maximum atomic E-state index is 12.1. The highest BCUT2D eigenvalue weighted by Crippen LogP contribution is 2.34. The predicted molar refractivity (Wildman–Crippen MR) is 98.0 cm³/mol. The van der Waals surface area contributed by atoms with Gasteiger partial charge in [-0.1, -0.05) is 22.9 Å². The molecular formula is C16H14ClN5O2S. The molecule has 0 atom stereocenters. The summed E-state index contributed by atoms with van der Waals surface area (Å²) in [5.74, 6) is 0.193. The van der Waals surface area contributed by atoms with Crippen molar-refractivity contribution in [2.24, 2.45) is 0 Å². The first-order valence-electron chi connectivity index (χ1n) is 7.27. The maximum Gasteiger partial charge on any atom is 0.418 e. The summed E-state index contributed by atoms with van der Waals surface area (Å²) in [6.45, 7) is 3.66. The third-order valence-electron chi connectivity index (χ3n) is 3.02. The monoisotopic (exact) mass is 375 g/mol. The first-order chi connectivity index (χ1) is 12.0. The van der Waals surface area contributed by atoms with E-state index in [1.807, 2.05) is 13.8 Å². The Kier molecular flexibility index (Phi) is 5.11. The molecule has 1 amide bonds. The van der Waals surface area contributed by atoms with Crippen molar-refractivity contribution >= 4 is 45.4 Å². The number of rotatable bonds is 4. The number of aryl methyl sites for hydroxylation is 2. The topological polar surface area (TPSA) is 89.0 Å². The molecule has 0 fully saturated rings. The molecule has 3 aromatic rings. The number of hydrogen-bond acceptors (Lipinski definition) is 7. The van der Waals surface area contributed by atoms with Crippen molar-refractivity contribution in [3.8, 4) is 5.88 Å². The van der Waals surface area contributed by atoms with Gasteiger partial charge >= 0.3 is 6.09 Å². The Bertz CT molecular complexity index is 915. The van der Waals surface area contributed by atoms with Crippen LogP contribution in [-0.2, 0) is 0 Å². The third kappa shape index (κ3) is 4.65. The molecule has 9 heteroatoms. The van der Waals surface area contributed by atoms with E-state index in [2.05, 4.69) is 25.6 Å².